The summed E-state index contributed by atoms with van der Waals surface area (Å²) in [7, 11) is 0. The molecule has 0 fully saturated rings. The van der Waals surface area contributed by atoms with E-state index in [4.69, 9.17) is 21.1 Å². The number of pyridine rings is 2. The molecule has 0 radical (unpaired) electrons. The number of ether oxygens (including phenoxy) is 2. The van der Waals surface area contributed by atoms with Crippen LogP contribution in [0.1, 0.15) is 53.9 Å². The standard InChI is InChI=1S/C31H28ClN5O4S/c1-16-11-21(28-27(35-16)23(15-42-28)30(39)41-31(4,5)6)20-12-19(32)7-8-25(20)40-10-9-37-18(3)36-24-14-34-17(2)22(13-33)26(24)29(37)38/h7-8,11-12,14-15H,9-10H2,1-6H3. The number of hydrogen-bond donors (Lipinski definition) is 0. The molecule has 0 bridgehead atoms. The fourth-order valence-corrected chi connectivity index (χ4v) is 5.89. The van der Waals surface area contributed by atoms with Crippen molar-refractivity contribution in [1.29, 1.82) is 5.26 Å². The molecule has 11 heteroatoms. The quantitative estimate of drug-likeness (QED) is 0.201. The molecule has 4 heterocycles. The SMILES string of the molecule is Cc1cc(-c2cc(Cl)ccc2OCCn2c(C)nc3cnc(C)c(C#N)c3c2=O)c2scc(C(=O)OC(C)(C)C)c2n1. The molecule has 0 saturated heterocycles. The van der Waals surface area contributed by atoms with E-state index in [1.54, 1.807) is 31.4 Å². The number of hydrogen-bond acceptors (Lipinski definition) is 9. The van der Waals surface area contributed by atoms with Crippen LogP contribution in [0.3, 0.4) is 0 Å². The van der Waals surface area contributed by atoms with Crippen LogP contribution in [0.15, 0.2) is 40.6 Å². The van der Waals surface area contributed by atoms with Gasteiger partial charge in [-0.2, -0.15) is 5.26 Å². The molecule has 9 nitrogen and oxygen atoms in total. The van der Waals surface area contributed by atoms with Gasteiger partial charge in [0.25, 0.3) is 5.56 Å². The first-order valence-electron chi connectivity index (χ1n) is 13.2. The zero-order valence-corrected chi connectivity index (χ0v) is 25.6. The van der Waals surface area contributed by atoms with E-state index < -0.39 is 11.6 Å². The molecule has 0 aliphatic rings. The highest BCUT2D eigenvalue weighted by Crippen LogP contribution is 2.40. The minimum Gasteiger partial charge on any atom is -0.491 e. The van der Waals surface area contributed by atoms with E-state index >= 15 is 0 Å². The highest BCUT2D eigenvalue weighted by molar-refractivity contribution is 7.18. The Morgan fingerprint density at radius 1 is 1.14 bits per heavy atom. The maximum Gasteiger partial charge on any atom is 0.341 e. The lowest BCUT2D eigenvalue weighted by molar-refractivity contribution is 0.00721. The summed E-state index contributed by atoms with van der Waals surface area (Å²) in [5.41, 5.74) is 3.34. The lowest BCUT2D eigenvalue weighted by Gasteiger charge is -2.19. The summed E-state index contributed by atoms with van der Waals surface area (Å²) in [6.07, 6.45) is 1.51. The van der Waals surface area contributed by atoms with Crippen molar-refractivity contribution < 1.29 is 14.3 Å². The minimum absolute atomic E-state index is 0.148. The van der Waals surface area contributed by atoms with Crippen LogP contribution >= 0.6 is 22.9 Å². The van der Waals surface area contributed by atoms with Crippen molar-refractivity contribution in [2.24, 2.45) is 0 Å². The van der Waals surface area contributed by atoms with E-state index in [0.29, 0.717) is 44.6 Å². The molecular weight excluding hydrogens is 574 g/mol. The van der Waals surface area contributed by atoms with Crippen molar-refractivity contribution in [3.63, 3.8) is 0 Å². The number of rotatable bonds is 6. The second-order valence-electron chi connectivity index (χ2n) is 10.8. The number of esters is 1. The summed E-state index contributed by atoms with van der Waals surface area (Å²) < 4.78 is 14.1. The molecule has 0 aliphatic heterocycles. The summed E-state index contributed by atoms with van der Waals surface area (Å²) in [4.78, 5) is 39.7. The van der Waals surface area contributed by atoms with Gasteiger partial charge in [-0.3, -0.25) is 19.3 Å². The third-order valence-electron chi connectivity index (χ3n) is 6.57. The van der Waals surface area contributed by atoms with Gasteiger partial charge < -0.3 is 9.47 Å². The zero-order chi connectivity index (χ0) is 30.3. The van der Waals surface area contributed by atoms with Gasteiger partial charge in [0.05, 0.1) is 50.7 Å². The van der Waals surface area contributed by atoms with Gasteiger partial charge in [0.1, 0.15) is 29.9 Å². The largest absolute Gasteiger partial charge is 0.491 e. The Morgan fingerprint density at radius 2 is 1.90 bits per heavy atom. The minimum atomic E-state index is -0.640. The predicted octanol–water partition coefficient (Wildman–Crippen LogP) is 6.55. The fourth-order valence-electron chi connectivity index (χ4n) is 4.71. The smallest absolute Gasteiger partial charge is 0.341 e. The van der Waals surface area contributed by atoms with Crippen molar-refractivity contribution in [2.45, 2.75) is 53.7 Å². The van der Waals surface area contributed by atoms with Gasteiger partial charge in [0.2, 0.25) is 0 Å². The van der Waals surface area contributed by atoms with Gasteiger partial charge in [-0.15, -0.1) is 11.3 Å². The molecule has 214 valence electrons. The second-order valence-corrected chi connectivity index (χ2v) is 12.2. The highest BCUT2D eigenvalue weighted by atomic mass is 35.5. The van der Waals surface area contributed by atoms with Crippen LogP contribution < -0.4 is 10.3 Å². The fraction of sp³-hybridized carbons (Fsp3) is 0.290. The molecule has 1 aromatic carbocycles. The molecule has 0 spiro atoms. The number of fused-ring (bicyclic) bond motifs is 2. The Kier molecular flexibility index (Phi) is 7.75. The summed E-state index contributed by atoms with van der Waals surface area (Å²) in [5, 5.41) is 12.2. The average molecular weight is 602 g/mol. The lowest BCUT2D eigenvalue weighted by Crippen LogP contribution is -2.27. The third-order valence-corrected chi connectivity index (χ3v) is 7.80. The number of carbonyl (C=O) groups is 1. The van der Waals surface area contributed by atoms with Crippen LogP contribution in [-0.4, -0.2) is 37.7 Å². The van der Waals surface area contributed by atoms with Gasteiger partial charge in [-0.05, 0) is 65.8 Å². The number of aromatic nitrogens is 4. The van der Waals surface area contributed by atoms with Crippen LogP contribution in [0.25, 0.3) is 32.2 Å². The number of benzene rings is 1. The number of nitriles is 1. The van der Waals surface area contributed by atoms with E-state index in [-0.39, 0.29) is 29.7 Å². The molecule has 5 rings (SSSR count). The maximum atomic E-state index is 13.4. The van der Waals surface area contributed by atoms with Gasteiger partial charge in [0, 0.05) is 27.2 Å². The van der Waals surface area contributed by atoms with Crippen LogP contribution in [0, 0.1) is 32.1 Å². The normalized spacial score (nSPS) is 11.6. The maximum absolute atomic E-state index is 13.4. The van der Waals surface area contributed by atoms with Gasteiger partial charge >= 0.3 is 5.97 Å². The summed E-state index contributed by atoms with van der Waals surface area (Å²) in [5.74, 6) is 0.605. The van der Waals surface area contributed by atoms with Gasteiger partial charge in [-0.25, -0.2) is 9.78 Å². The summed E-state index contributed by atoms with van der Waals surface area (Å²) in [6.45, 7) is 11.1. The Labute approximate surface area is 251 Å². The first kappa shape index (κ1) is 29.2. The summed E-state index contributed by atoms with van der Waals surface area (Å²) in [6, 6.07) is 9.33. The van der Waals surface area contributed by atoms with E-state index in [2.05, 4.69) is 21.0 Å². The number of thiophene rings is 1. The predicted molar refractivity (Wildman–Crippen MR) is 163 cm³/mol. The molecule has 0 amide bonds. The van der Waals surface area contributed by atoms with E-state index in [1.807, 2.05) is 39.8 Å². The monoisotopic (exact) mass is 601 g/mol. The molecule has 0 atom stereocenters. The molecular formula is C31H28ClN5O4S. The molecule has 0 unspecified atom stereocenters. The molecule has 0 N–H and O–H groups in total. The molecule has 0 aliphatic carbocycles. The number of carbonyl (C=O) groups excluding carboxylic acids is 1. The second kappa shape index (κ2) is 11.2. The van der Waals surface area contributed by atoms with Crippen molar-refractivity contribution >= 4 is 50.0 Å². The Hall–Kier alpha value is -4.33. The van der Waals surface area contributed by atoms with Gasteiger partial charge in [0.15, 0.2) is 0 Å². The number of halogens is 1. The van der Waals surface area contributed by atoms with Crippen molar-refractivity contribution in [3.8, 4) is 22.9 Å². The molecule has 5 aromatic rings. The Bertz CT molecular complexity index is 1980. The first-order valence-corrected chi connectivity index (χ1v) is 14.5. The summed E-state index contributed by atoms with van der Waals surface area (Å²) >= 11 is 7.82. The van der Waals surface area contributed by atoms with Crippen molar-refractivity contribution in [1.82, 2.24) is 19.5 Å². The van der Waals surface area contributed by atoms with Crippen LogP contribution in [0.2, 0.25) is 5.02 Å². The van der Waals surface area contributed by atoms with Crippen molar-refractivity contribution in [3.05, 3.63) is 79.6 Å². The van der Waals surface area contributed by atoms with E-state index in [9.17, 15) is 14.9 Å². The third kappa shape index (κ3) is 5.58. The van der Waals surface area contributed by atoms with Crippen LogP contribution in [-0.2, 0) is 11.3 Å². The van der Waals surface area contributed by atoms with Gasteiger partial charge in [-0.1, -0.05) is 11.6 Å². The number of aryl methyl sites for hydroxylation is 3. The zero-order valence-electron chi connectivity index (χ0n) is 24.0. The highest BCUT2D eigenvalue weighted by Gasteiger charge is 2.24. The average Bonchev–Trinajstić information content (AvgIpc) is 3.34. The van der Waals surface area contributed by atoms with E-state index in [0.717, 1.165) is 15.8 Å². The van der Waals surface area contributed by atoms with E-state index in [1.165, 1.54) is 22.1 Å². The Morgan fingerprint density at radius 3 is 2.62 bits per heavy atom. The molecule has 42 heavy (non-hydrogen) atoms. The van der Waals surface area contributed by atoms with Crippen LogP contribution in [0.5, 0.6) is 5.75 Å². The lowest BCUT2D eigenvalue weighted by atomic mass is 10.0. The Balaban J connectivity index is 1.50. The van der Waals surface area contributed by atoms with Crippen molar-refractivity contribution in [2.75, 3.05) is 6.61 Å². The molecule has 0 saturated carbocycles. The topological polar surface area (TPSA) is 120 Å². The number of nitrogens with zero attached hydrogens (tertiary/aromatic N) is 5. The first-order chi connectivity index (χ1) is 19.9. The van der Waals surface area contributed by atoms with Crippen LogP contribution in [0.4, 0.5) is 0 Å². The molecule has 4 aromatic heterocycles.